The van der Waals surface area contributed by atoms with Crippen LogP contribution in [0, 0.1) is 17.8 Å². The molecule has 0 aromatic rings. The molecule has 0 radical (unpaired) electrons. The second-order valence-corrected chi connectivity index (χ2v) is 6.67. The quantitative estimate of drug-likeness (QED) is 0.765. The molecule has 1 saturated heterocycles. The predicted molar refractivity (Wildman–Crippen MR) is 74.2 cm³/mol. The van der Waals surface area contributed by atoms with E-state index in [1.807, 2.05) is 0 Å². The predicted octanol–water partition coefficient (Wildman–Crippen LogP) is 2.74. The summed E-state index contributed by atoms with van der Waals surface area (Å²) in [7, 11) is 0. The van der Waals surface area contributed by atoms with Gasteiger partial charge < -0.3 is 10.2 Å². The van der Waals surface area contributed by atoms with Crippen LogP contribution in [0.25, 0.3) is 0 Å². The summed E-state index contributed by atoms with van der Waals surface area (Å²) in [5, 5.41) is 3.81. The highest BCUT2D eigenvalue weighted by Crippen LogP contribution is 2.28. The lowest BCUT2D eigenvalue weighted by molar-refractivity contribution is 0.125. The highest BCUT2D eigenvalue weighted by Gasteiger charge is 2.28. The SMILES string of the molecule is CCC1CC(NCC2CC2)CN(CC(C)C)C1. The first-order valence-electron chi connectivity index (χ1n) is 7.63. The summed E-state index contributed by atoms with van der Waals surface area (Å²) in [5.41, 5.74) is 0. The van der Waals surface area contributed by atoms with Gasteiger partial charge in [-0.2, -0.15) is 0 Å². The van der Waals surface area contributed by atoms with Crippen LogP contribution in [0.5, 0.6) is 0 Å². The maximum Gasteiger partial charge on any atom is 0.0198 e. The van der Waals surface area contributed by atoms with Crippen LogP contribution < -0.4 is 5.32 Å². The molecule has 2 aliphatic rings. The van der Waals surface area contributed by atoms with Gasteiger partial charge in [-0.3, -0.25) is 0 Å². The Balaban J connectivity index is 1.78. The van der Waals surface area contributed by atoms with Crippen molar-refractivity contribution in [3.63, 3.8) is 0 Å². The highest BCUT2D eigenvalue weighted by molar-refractivity contribution is 4.85. The third-order valence-corrected chi connectivity index (χ3v) is 4.21. The third-order valence-electron chi connectivity index (χ3n) is 4.21. The first-order chi connectivity index (χ1) is 8.17. The Hall–Kier alpha value is -0.0800. The van der Waals surface area contributed by atoms with Gasteiger partial charge in [-0.15, -0.1) is 0 Å². The largest absolute Gasteiger partial charge is 0.312 e. The first kappa shape index (κ1) is 13.4. The highest BCUT2D eigenvalue weighted by atomic mass is 15.2. The number of rotatable bonds is 6. The van der Waals surface area contributed by atoms with E-state index in [0.717, 1.165) is 23.8 Å². The molecule has 0 aromatic carbocycles. The van der Waals surface area contributed by atoms with E-state index in [1.54, 1.807) is 0 Å². The van der Waals surface area contributed by atoms with Gasteiger partial charge in [0.15, 0.2) is 0 Å². The van der Waals surface area contributed by atoms with Gasteiger partial charge in [0.2, 0.25) is 0 Å². The molecule has 100 valence electrons. The average molecular weight is 238 g/mol. The molecule has 1 N–H and O–H groups in total. The van der Waals surface area contributed by atoms with Gasteiger partial charge in [-0.05, 0) is 43.6 Å². The van der Waals surface area contributed by atoms with Gasteiger partial charge in [-0.25, -0.2) is 0 Å². The molecule has 0 amide bonds. The molecule has 17 heavy (non-hydrogen) atoms. The maximum atomic E-state index is 3.81. The normalized spacial score (nSPS) is 31.1. The third kappa shape index (κ3) is 4.59. The minimum atomic E-state index is 0.757. The van der Waals surface area contributed by atoms with Crippen molar-refractivity contribution in [1.29, 1.82) is 0 Å². The van der Waals surface area contributed by atoms with Crippen LogP contribution in [0.4, 0.5) is 0 Å². The zero-order valence-corrected chi connectivity index (χ0v) is 11.9. The van der Waals surface area contributed by atoms with E-state index >= 15 is 0 Å². The lowest BCUT2D eigenvalue weighted by Gasteiger charge is -2.39. The van der Waals surface area contributed by atoms with Crippen LogP contribution in [0.3, 0.4) is 0 Å². The number of hydrogen-bond acceptors (Lipinski definition) is 2. The van der Waals surface area contributed by atoms with Crippen molar-refractivity contribution in [3.8, 4) is 0 Å². The van der Waals surface area contributed by atoms with Crippen LogP contribution in [0.2, 0.25) is 0 Å². The van der Waals surface area contributed by atoms with Crippen LogP contribution in [-0.2, 0) is 0 Å². The number of nitrogens with one attached hydrogen (secondary N) is 1. The number of nitrogens with zero attached hydrogens (tertiary/aromatic N) is 1. The summed E-state index contributed by atoms with van der Waals surface area (Å²) >= 11 is 0. The Morgan fingerprint density at radius 2 is 1.94 bits per heavy atom. The molecular weight excluding hydrogens is 208 g/mol. The maximum absolute atomic E-state index is 3.81. The summed E-state index contributed by atoms with van der Waals surface area (Å²) in [6.45, 7) is 12.2. The van der Waals surface area contributed by atoms with E-state index in [0.29, 0.717) is 0 Å². The van der Waals surface area contributed by atoms with Crippen molar-refractivity contribution >= 4 is 0 Å². The lowest BCUT2D eigenvalue weighted by atomic mass is 9.91. The Morgan fingerprint density at radius 3 is 2.53 bits per heavy atom. The molecule has 0 bridgehead atoms. The minimum Gasteiger partial charge on any atom is -0.312 e. The Bertz CT molecular complexity index is 223. The molecule has 0 spiro atoms. The van der Waals surface area contributed by atoms with Crippen LogP contribution in [-0.4, -0.2) is 37.1 Å². The number of hydrogen-bond donors (Lipinski definition) is 1. The zero-order chi connectivity index (χ0) is 12.3. The van der Waals surface area contributed by atoms with Gasteiger partial charge >= 0.3 is 0 Å². The smallest absolute Gasteiger partial charge is 0.0198 e. The van der Waals surface area contributed by atoms with Crippen LogP contribution >= 0.6 is 0 Å². The molecule has 1 aliphatic heterocycles. The molecule has 2 fully saturated rings. The average Bonchev–Trinajstić information content (AvgIpc) is 3.09. The second-order valence-electron chi connectivity index (χ2n) is 6.67. The monoisotopic (exact) mass is 238 g/mol. The molecule has 2 unspecified atom stereocenters. The molecule has 1 aliphatic carbocycles. The number of piperidine rings is 1. The lowest BCUT2D eigenvalue weighted by Crippen LogP contribution is -2.50. The summed E-state index contributed by atoms with van der Waals surface area (Å²) < 4.78 is 0. The Labute approximate surface area is 107 Å². The first-order valence-corrected chi connectivity index (χ1v) is 7.63. The van der Waals surface area contributed by atoms with Crippen molar-refractivity contribution in [2.24, 2.45) is 17.8 Å². The van der Waals surface area contributed by atoms with Gasteiger partial charge in [-0.1, -0.05) is 27.2 Å². The fourth-order valence-corrected chi connectivity index (χ4v) is 3.07. The van der Waals surface area contributed by atoms with Crippen molar-refractivity contribution in [1.82, 2.24) is 10.2 Å². The number of likely N-dealkylation sites (tertiary alicyclic amines) is 1. The van der Waals surface area contributed by atoms with Gasteiger partial charge in [0.05, 0.1) is 0 Å². The molecule has 1 heterocycles. The van der Waals surface area contributed by atoms with E-state index in [1.165, 1.54) is 51.9 Å². The van der Waals surface area contributed by atoms with Crippen molar-refractivity contribution in [3.05, 3.63) is 0 Å². The van der Waals surface area contributed by atoms with Gasteiger partial charge in [0.1, 0.15) is 0 Å². The second kappa shape index (κ2) is 6.19. The summed E-state index contributed by atoms with van der Waals surface area (Å²) in [6.07, 6.45) is 5.67. The van der Waals surface area contributed by atoms with Crippen LogP contribution in [0.1, 0.15) is 46.5 Å². The molecule has 2 heteroatoms. The van der Waals surface area contributed by atoms with E-state index in [4.69, 9.17) is 0 Å². The van der Waals surface area contributed by atoms with E-state index in [9.17, 15) is 0 Å². The van der Waals surface area contributed by atoms with E-state index in [2.05, 4.69) is 31.0 Å². The Morgan fingerprint density at radius 1 is 1.18 bits per heavy atom. The van der Waals surface area contributed by atoms with Crippen molar-refractivity contribution in [2.45, 2.75) is 52.5 Å². The summed E-state index contributed by atoms with van der Waals surface area (Å²) in [5.74, 6) is 2.73. The summed E-state index contributed by atoms with van der Waals surface area (Å²) in [4.78, 5) is 2.69. The Kier molecular flexibility index (Phi) is 4.87. The van der Waals surface area contributed by atoms with E-state index in [-0.39, 0.29) is 0 Å². The molecule has 0 aromatic heterocycles. The van der Waals surface area contributed by atoms with Gasteiger partial charge in [0.25, 0.3) is 0 Å². The molecular formula is C15H30N2. The van der Waals surface area contributed by atoms with E-state index < -0.39 is 0 Å². The molecule has 2 atom stereocenters. The fourth-order valence-electron chi connectivity index (χ4n) is 3.07. The zero-order valence-electron chi connectivity index (χ0n) is 11.9. The van der Waals surface area contributed by atoms with Gasteiger partial charge in [0, 0.05) is 25.7 Å². The molecule has 2 nitrogen and oxygen atoms in total. The standard InChI is InChI=1S/C15H30N2/c1-4-13-7-15(16-8-14-5-6-14)11-17(10-13)9-12(2)3/h12-16H,4-11H2,1-3H3. The topological polar surface area (TPSA) is 15.3 Å². The van der Waals surface area contributed by atoms with Crippen molar-refractivity contribution in [2.75, 3.05) is 26.2 Å². The molecule has 2 rings (SSSR count). The van der Waals surface area contributed by atoms with Crippen molar-refractivity contribution < 1.29 is 0 Å². The minimum absolute atomic E-state index is 0.757. The fraction of sp³-hybridized carbons (Fsp3) is 1.00. The summed E-state index contributed by atoms with van der Waals surface area (Å²) in [6, 6.07) is 0.757. The molecule has 1 saturated carbocycles. The van der Waals surface area contributed by atoms with Crippen LogP contribution in [0.15, 0.2) is 0 Å².